The third-order valence-corrected chi connectivity index (χ3v) is 5.54. The molecule has 6 heteroatoms. The van der Waals surface area contributed by atoms with Crippen LogP contribution in [-0.4, -0.2) is 39.9 Å². The van der Waals surface area contributed by atoms with Gasteiger partial charge in [-0.25, -0.2) is 4.68 Å². The molecule has 2 saturated heterocycles. The summed E-state index contributed by atoms with van der Waals surface area (Å²) in [4.78, 5) is 14.4. The lowest BCUT2D eigenvalue weighted by atomic mass is 9.82. The fourth-order valence-electron chi connectivity index (χ4n) is 3.56. The van der Waals surface area contributed by atoms with E-state index in [0.717, 1.165) is 18.5 Å². The van der Waals surface area contributed by atoms with Gasteiger partial charge in [0.05, 0.1) is 11.9 Å². The second kappa shape index (κ2) is 5.48. The summed E-state index contributed by atoms with van der Waals surface area (Å²) in [5.41, 5.74) is 0.726. The molecule has 1 aromatic rings. The third kappa shape index (κ3) is 2.51. The average Bonchev–Trinajstić information content (AvgIpc) is 2.40. The molecule has 1 aromatic heterocycles. The number of hydrogen-bond acceptors (Lipinski definition) is 4. The predicted octanol–water partition coefficient (Wildman–Crippen LogP) is 1.97. The van der Waals surface area contributed by atoms with Crippen molar-refractivity contribution in [3.05, 3.63) is 21.0 Å². The van der Waals surface area contributed by atoms with Crippen molar-refractivity contribution >= 4 is 21.6 Å². The summed E-state index contributed by atoms with van der Waals surface area (Å²) < 4.78 is 1.93. The number of nitrogens with zero attached hydrogens (tertiary/aromatic N) is 3. The van der Waals surface area contributed by atoms with Crippen molar-refractivity contribution in [2.24, 2.45) is 7.05 Å². The van der Waals surface area contributed by atoms with Crippen LogP contribution in [0.3, 0.4) is 0 Å². The van der Waals surface area contributed by atoms with Crippen LogP contribution in [0.4, 0.5) is 5.69 Å². The molecule has 0 spiro atoms. The first-order valence-corrected chi connectivity index (χ1v) is 8.06. The number of anilines is 1. The van der Waals surface area contributed by atoms with Crippen molar-refractivity contribution in [3.63, 3.8) is 0 Å². The molecule has 3 heterocycles. The Hall–Kier alpha value is -0.880. The maximum absolute atomic E-state index is 11.9. The van der Waals surface area contributed by atoms with Crippen molar-refractivity contribution < 1.29 is 0 Å². The van der Waals surface area contributed by atoms with E-state index in [2.05, 4.69) is 38.3 Å². The number of piperidine rings is 2. The van der Waals surface area contributed by atoms with E-state index in [1.165, 1.54) is 23.9 Å². The lowest BCUT2D eigenvalue weighted by Crippen LogP contribution is -2.52. The summed E-state index contributed by atoms with van der Waals surface area (Å²) in [5, 5.41) is 7.61. The van der Waals surface area contributed by atoms with Crippen molar-refractivity contribution in [1.82, 2.24) is 14.7 Å². The van der Waals surface area contributed by atoms with Gasteiger partial charge in [-0.2, -0.15) is 5.10 Å². The zero-order valence-corrected chi connectivity index (χ0v) is 13.6. The van der Waals surface area contributed by atoms with Crippen LogP contribution in [0.2, 0.25) is 0 Å². The Morgan fingerprint density at radius 3 is 2.60 bits per heavy atom. The number of fused-ring (bicyclic) bond motifs is 2. The maximum atomic E-state index is 11.9. The second-order valence-corrected chi connectivity index (χ2v) is 6.81. The predicted molar refractivity (Wildman–Crippen MR) is 83.0 cm³/mol. The molecule has 2 fully saturated rings. The van der Waals surface area contributed by atoms with E-state index in [1.807, 2.05) is 0 Å². The largest absolute Gasteiger partial charge is 0.380 e. The normalized spacial score (nSPS) is 30.2. The molecule has 2 atom stereocenters. The molecule has 2 aliphatic rings. The van der Waals surface area contributed by atoms with Crippen LogP contribution < -0.4 is 10.9 Å². The van der Waals surface area contributed by atoms with Gasteiger partial charge in [0.1, 0.15) is 4.47 Å². The molecule has 2 bridgehead atoms. The van der Waals surface area contributed by atoms with Crippen LogP contribution in [0.5, 0.6) is 0 Å². The van der Waals surface area contributed by atoms with Gasteiger partial charge in [-0.15, -0.1) is 0 Å². The SMILES string of the molecule is CN1C2CCCC1CC(Nc1cnn(C)c(=O)c1Br)C2. The molecule has 2 unspecified atom stereocenters. The Labute approximate surface area is 127 Å². The molecule has 0 amide bonds. The van der Waals surface area contributed by atoms with E-state index in [9.17, 15) is 4.79 Å². The van der Waals surface area contributed by atoms with Crippen molar-refractivity contribution in [2.45, 2.75) is 50.2 Å². The lowest BCUT2D eigenvalue weighted by Gasteiger charge is -2.47. The first kappa shape index (κ1) is 14.1. The number of aryl methyl sites for hydroxylation is 1. The van der Waals surface area contributed by atoms with E-state index in [1.54, 1.807) is 13.2 Å². The minimum atomic E-state index is -0.0943. The summed E-state index contributed by atoms with van der Waals surface area (Å²) >= 11 is 3.38. The fraction of sp³-hybridized carbons (Fsp3) is 0.714. The van der Waals surface area contributed by atoms with Crippen LogP contribution in [0.1, 0.15) is 32.1 Å². The summed E-state index contributed by atoms with van der Waals surface area (Å²) in [6.45, 7) is 0. The van der Waals surface area contributed by atoms with Gasteiger partial charge in [0, 0.05) is 25.2 Å². The summed E-state index contributed by atoms with van der Waals surface area (Å²) in [6.07, 6.45) is 7.97. The van der Waals surface area contributed by atoms with Gasteiger partial charge in [0.25, 0.3) is 5.56 Å². The van der Waals surface area contributed by atoms with E-state index in [4.69, 9.17) is 0 Å². The maximum Gasteiger partial charge on any atom is 0.282 e. The molecule has 2 aliphatic heterocycles. The van der Waals surface area contributed by atoms with Gasteiger partial charge in [-0.1, -0.05) is 6.42 Å². The van der Waals surface area contributed by atoms with Gasteiger partial charge < -0.3 is 10.2 Å². The van der Waals surface area contributed by atoms with E-state index >= 15 is 0 Å². The van der Waals surface area contributed by atoms with Crippen molar-refractivity contribution in [1.29, 1.82) is 0 Å². The first-order valence-electron chi connectivity index (χ1n) is 7.26. The molecular weight excluding hydrogens is 320 g/mol. The monoisotopic (exact) mass is 340 g/mol. The first-order chi connectivity index (χ1) is 9.56. The molecule has 1 N–H and O–H groups in total. The van der Waals surface area contributed by atoms with Crippen LogP contribution in [-0.2, 0) is 7.05 Å². The van der Waals surface area contributed by atoms with Crippen molar-refractivity contribution in [2.75, 3.05) is 12.4 Å². The summed E-state index contributed by atoms with van der Waals surface area (Å²) in [6, 6.07) is 1.79. The molecule has 0 saturated carbocycles. The Bertz CT molecular complexity index is 545. The minimum Gasteiger partial charge on any atom is -0.380 e. The van der Waals surface area contributed by atoms with Gasteiger partial charge in [0.2, 0.25) is 0 Å². The third-order valence-electron chi connectivity index (χ3n) is 4.78. The molecule has 3 rings (SSSR count). The van der Waals surface area contributed by atoms with Gasteiger partial charge in [-0.05, 0) is 48.7 Å². The van der Waals surface area contributed by atoms with Crippen LogP contribution in [0.25, 0.3) is 0 Å². The van der Waals surface area contributed by atoms with E-state index in [0.29, 0.717) is 22.6 Å². The number of rotatable bonds is 2. The number of nitrogens with one attached hydrogen (secondary N) is 1. The highest BCUT2D eigenvalue weighted by Gasteiger charge is 2.36. The second-order valence-electron chi connectivity index (χ2n) is 6.02. The van der Waals surface area contributed by atoms with Crippen molar-refractivity contribution in [3.8, 4) is 0 Å². The Morgan fingerprint density at radius 2 is 1.95 bits per heavy atom. The smallest absolute Gasteiger partial charge is 0.282 e. The van der Waals surface area contributed by atoms with Gasteiger partial charge >= 0.3 is 0 Å². The number of aromatic nitrogens is 2. The highest BCUT2D eigenvalue weighted by molar-refractivity contribution is 9.10. The molecule has 5 nitrogen and oxygen atoms in total. The molecule has 0 aliphatic carbocycles. The van der Waals surface area contributed by atoms with Gasteiger partial charge in [0.15, 0.2) is 0 Å². The molecule has 20 heavy (non-hydrogen) atoms. The standard InChI is InChI=1S/C14H21BrN4O/c1-18-10-4-3-5-11(18)7-9(6-10)17-12-8-16-19(2)14(20)13(12)15/h8-11,17H,3-7H2,1-2H3. The fourth-order valence-corrected chi connectivity index (χ4v) is 4.04. The quantitative estimate of drug-likeness (QED) is 0.894. The Kier molecular flexibility index (Phi) is 3.86. The molecule has 110 valence electrons. The lowest BCUT2D eigenvalue weighted by molar-refractivity contribution is 0.0608. The zero-order valence-electron chi connectivity index (χ0n) is 12.0. The Morgan fingerprint density at radius 1 is 1.30 bits per heavy atom. The van der Waals surface area contributed by atoms with Crippen LogP contribution in [0, 0.1) is 0 Å². The summed E-state index contributed by atoms with van der Waals surface area (Å²) in [5.74, 6) is 0. The Balaban J connectivity index is 1.76. The topological polar surface area (TPSA) is 50.2 Å². The highest BCUT2D eigenvalue weighted by atomic mass is 79.9. The molecule has 0 aromatic carbocycles. The minimum absolute atomic E-state index is 0.0943. The molecule has 0 radical (unpaired) electrons. The van der Waals surface area contributed by atoms with Crippen LogP contribution >= 0.6 is 15.9 Å². The summed E-state index contributed by atoms with van der Waals surface area (Å²) in [7, 11) is 3.91. The molecular formula is C14H21BrN4O. The average molecular weight is 341 g/mol. The van der Waals surface area contributed by atoms with E-state index in [-0.39, 0.29) is 5.56 Å². The van der Waals surface area contributed by atoms with Gasteiger partial charge in [-0.3, -0.25) is 4.79 Å². The highest BCUT2D eigenvalue weighted by Crippen LogP contribution is 2.34. The number of halogens is 1. The van der Waals surface area contributed by atoms with E-state index < -0.39 is 0 Å². The van der Waals surface area contributed by atoms with Crippen LogP contribution in [0.15, 0.2) is 15.5 Å². The zero-order chi connectivity index (χ0) is 14.3. The number of hydrogen-bond donors (Lipinski definition) is 1.